The van der Waals surface area contributed by atoms with Crippen LogP contribution in [-0.4, -0.2) is 36.2 Å². The fraction of sp³-hybridized carbons (Fsp3) is 0.438. The first-order valence-electron chi connectivity index (χ1n) is 14.0. The Morgan fingerprint density at radius 3 is 2.16 bits per heavy atom. The lowest BCUT2D eigenvalue weighted by Gasteiger charge is -2.44. The van der Waals surface area contributed by atoms with Crippen molar-refractivity contribution < 1.29 is 19.1 Å². The van der Waals surface area contributed by atoms with Gasteiger partial charge in [-0.05, 0) is 91.3 Å². The third-order valence-electron chi connectivity index (χ3n) is 7.67. The van der Waals surface area contributed by atoms with Crippen LogP contribution in [0.25, 0.3) is 0 Å². The van der Waals surface area contributed by atoms with Gasteiger partial charge in [-0.3, -0.25) is 9.59 Å². The highest BCUT2D eigenvalue weighted by atomic mass is 127. The standard InChI is InChI=1S/C32H36INO4/c1-3-18-38-32-23(33)19-22(20-28(32)37-4-2)29-30-24(12-8-14-26(30)35)34(17-16-21-10-6-5-7-11-21)25-13-9-15-27(36)31(25)29/h5-7,10-11,19-20,29H,3-4,8-9,12-18H2,1-2H3. The summed E-state index contributed by atoms with van der Waals surface area (Å²) in [5, 5.41) is 0. The molecule has 3 aliphatic rings. The molecule has 0 N–H and O–H groups in total. The van der Waals surface area contributed by atoms with Gasteiger partial charge in [-0.2, -0.15) is 0 Å². The Bertz CT molecular complexity index is 1240. The third kappa shape index (κ3) is 5.29. The Morgan fingerprint density at radius 1 is 0.895 bits per heavy atom. The SMILES string of the molecule is CCCOc1c(I)cc(C2C3=C(CCCC3=O)N(CCc3ccccc3)C3=C2C(=O)CCC3)cc1OCC. The van der Waals surface area contributed by atoms with Crippen LogP contribution >= 0.6 is 22.6 Å². The van der Waals surface area contributed by atoms with Crippen molar-refractivity contribution in [1.82, 2.24) is 4.90 Å². The fourth-order valence-corrected chi connectivity index (χ4v) is 6.85. The molecule has 5 nitrogen and oxygen atoms in total. The second-order valence-corrected chi connectivity index (χ2v) is 11.4. The van der Waals surface area contributed by atoms with Gasteiger partial charge in [-0.15, -0.1) is 0 Å². The van der Waals surface area contributed by atoms with Crippen LogP contribution in [0.15, 0.2) is 65.0 Å². The van der Waals surface area contributed by atoms with E-state index >= 15 is 0 Å². The van der Waals surface area contributed by atoms with E-state index in [1.165, 1.54) is 5.56 Å². The number of halogens is 1. The van der Waals surface area contributed by atoms with Crippen LogP contribution in [-0.2, 0) is 16.0 Å². The van der Waals surface area contributed by atoms with E-state index in [1.807, 2.05) is 19.1 Å². The minimum atomic E-state index is -0.346. The highest BCUT2D eigenvalue weighted by molar-refractivity contribution is 14.1. The van der Waals surface area contributed by atoms with E-state index in [2.05, 4.69) is 64.7 Å². The minimum Gasteiger partial charge on any atom is -0.490 e. The molecule has 0 atom stereocenters. The number of ether oxygens (including phenoxy) is 2. The molecule has 0 amide bonds. The first-order chi connectivity index (χ1) is 18.5. The Kier molecular flexibility index (Phi) is 8.56. The zero-order valence-electron chi connectivity index (χ0n) is 22.4. The van der Waals surface area contributed by atoms with E-state index in [9.17, 15) is 9.59 Å². The van der Waals surface area contributed by atoms with E-state index < -0.39 is 0 Å². The van der Waals surface area contributed by atoms with Gasteiger partial charge in [0.2, 0.25) is 0 Å². The maximum atomic E-state index is 13.6. The Morgan fingerprint density at radius 2 is 1.55 bits per heavy atom. The number of carbonyl (C=O) groups is 2. The molecule has 5 rings (SSSR count). The molecule has 200 valence electrons. The van der Waals surface area contributed by atoms with Crippen molar-refractivity contribution in [1.29, 1.82) is 0 Å². The van der Waals surface area contributed by atoms with Crippen molar-refractivity contribution in [3.63, 3.8) is 0 Å². The van der Waals surface area contributed by atoms with Gasteiger partial charge in [0.15, 0.2) is 23.1 Å². The van der Waals surface area contributed by atoms with Crippen LogP contribution in [0, 0.1) is 3.57 Å². The summed E-state index contributed by atoms with van der Waals surface area (Å²) < 4.78 is 13.0. The molecule has 38 heavy (non-hydrogen) atoms. The van der Waals surface area contributed by atoms with Crippen molar-refractivity contribution in [3.8, 4) is 11.5 Å². The van der Waals surface area contributed by atoms with Gasteiger partial charge in [-0.1, -0.05) is 37.3 Å². The van der Waals surface area contributed by atoms with Gasteiger partial charge in [0.1, 0.15) is 0 Å². The number of hydrogen-bond acceptors (Lipinski definition) is 5. The summed E-state index contributed by atoms with van der Waals surface area (Å²) in [6, 6.07) is 14.6. The fourth-order valence-electron chi connectivity index (χ4n) is 6.07. The van der Waals surface area contributed by atoms with Crippen LogP contribution < -0.4 is 9.47 Å². The van der Waals surface area contributed by atoms with Crippen molar-refractivity contribution >= 4 is 34.2 Å². The average Bonchev–Trinajstić information content (AvgIpc) is 2.92. The summed E-state index contributed by atoms with van der Waals surface area (Å²) in [6.07, 6.45) is 6.28. The smallest absolute Gasteiger partial charge is 0.174 e. The average molecular weight is 626 g/mol. The van der Waals surface area contributed by atoms with Gasteiger partial charge >= 0.3 is 0 Å². The molecule has 0 spiro atoms. The number of benzene rings is 2. The molecule has 1 heterocycles. The van der Waals surface area contributed by atoms with Gasteiger partial charge < -0.3 is 14.4 Å². The monoisotopic (exact) mass is 625 g/mol. The summed E-state index contributed by atoms with van der Waals surface area (Å²) in [6.45, 7) is 5.94. The molecule has 0 fully saturated rings. The molecule has 0 aromatic heterocycles. The lowest BCUT2D eigenvalue weighted by atomic mass is 9.71. The van der Waals surface area contributed by atoms with Crippen LogP contribution in [0.1, 0.15) is 75.8 Å². The van der Waals surface area contributed by atoms with Crippen LogP contribution in [0.4, 0.5) is 0 Å². The molecule has 0 bridgehead atoms. The molecule has 2 aromatic carbocycles. The quantitative estimate of drug-likeness (QED) is 0.278. The first-order valence-corrected chi connectivity index (χ1v) is 15.0. The summed E-state index contributed by atoms with van der Waals surface area (Å²) >= 11 is 2.30. The number of Topliss-reactive ketones (excluding diaryl/α,β-unsaturated/α-hetero) is 2. The van der Waals surface area contributed by atoms with Crippen molar-refractivity contribution in [2.45, 2.75) is 71.1 Å². The topological polar surface area (TPSA) is 55.8 Å². The van der Waals surface area contributed by atoms with Gasteiger partial charge in [0, 0.05) is 47.8 Å². The molecule has 2 aromatic rings. The van der Waals surface area contributed by atoms with Crippen LogP contribution in [0.3, 0.4) is 0 Å². The zero-order chi connectivity index (χ0) is 26.6. The second kappa shape index (κ2) is 12.1. The molecular weight excluding hydrogens is 589 g/mol. The summed E-state index contributed by atoms with van der Waals surface area (Å²) in [5.41, 5.74) is 6.10. The van der Waals surface area contributed by atoms with Crippen LogP contribution in [0.5, 0.6) is 11.5 Å². The Balaban J connectivity index is 1.63. The van der Waals surface area contributed by atoms with Gasteiger partial charge in [-0.25, -0.2) is 0 Å². The number of carbonyl (C=O) groups excluding carboxylic acids is 2. The number of ketones is 2. The Labute approximate surface area is 239 Å². The molecule has 0 unspecified atom stereocenters. The van der Waals surface area contributed by atoms with Gasteiger partial charge in [0.25, 0.3) is 0 Å². The molecule has 0 saturated carbocycles. The maximum Gasteiger partial charge on any atom is 0.174 e. The molecule has 1 aliphatic heterocycles. The van der Waals surface area contributed by atoms with E-state index in [4.69, 9.17) is 9.47 Å². The molecule has 0 radical (unpaired) electrons. The molecule has 6 heteroatoms. The molecule has 0 saturated heterocycles. The Hall–Kier alpha value is -2.61. The van der Waals surface area contributed by atoms with Crippen molar-refractivity contribution in [3.05, 3.63) is 79.7 Å². The molecular formula is C32H36INO4. The number of allylic oxidation sites excluding steroid dienone is 4. The van der Waals surface area contributed by atoms with Crippen molar-refractivity contribution in [2.24, 2.45) is 0 Å². The minimum absolute atomic E-state index is 0.171. The summed E-state index contributed by atoms with van der Waals surface area (Å²) in [5.74, 6) is 1.42. The number of nitrogens with zero attached hydrogens (tertiary/aromatic N) is 1. The van der Waals surface area contributed by atoms with Crippen LogP contribution in [0.2, 0.25) is 0 Å². The summed E-state index contributed by atoms with van der Waals surface area (Å²) in [7, 11) is 0. The maximum absolute atomic E-state index is 13.6. The summed E-state index contributed by atoms with van der Waals surface area (Å²) in [4.78, 5) is 29.6. The van der Waals surface area contributed by atoms with E-state index in [0.29, 0.717) is 31.8 Å². The highest BCUT2D eigenvalue weighted by Gasteiger charge is 2.43. The zero-order valence-corrected chi connectivity index (χ0v) is 24.5. The highest BCUT2D eigenvalue weighted by Crippen LogP contribution is 2.50. The lowest BCUT2D eigenvalue weighted by Crippen LogP contribution is -2.40. The largest absolute Gasteiger partial charge is 0.490 e. The van der Waals surface area contributed by atoms with E-state index in [1.54, 1.807) is 0 Å². The number of hydrogen-bond donors (Lipinski definition) is 0. The lowest BCUT2D eigenvalue weighted by molar-refractivity contribution is -0.117. The predicted molar refractivity (Wildman–Crippen MR) is 157 cm³/mol. The third-order valence-corrected chi connectivity index (χ3v) is 8.47. The van der Waals surface area contributed by atoms with Gasteiger partial charge in [0.05, 0.1) is 16.8 Å². The molecule has 2 aliphatic carbocycles. The normalized spacial score (nSPS) is 18.0. The van der Waals surface area contributed by atoms with E-state index in [-0.39, 0.29) is 17.5 Å². The van der Waals surface area contributed by atoms with Crippen molar-refractivity contribution in [2.75, 3.05) is 19.8 Å². The second-order valence-electron chi connectivity index (χ2n) is 10.2. The van der Waals surface area contributed by atoms with E-state index in [0.717, 1.165) is 82.5 Å². The predicted octanol–water partition coefficient (Wildman–Crippen LogP) is 7.13. The number of rotatable bonds is 9. The first kappa shape index (κ1) is 27.0.